The summed E-state index contributed by atoms with van der Waals surface area (Å²) in [5.74, 6) is 1.56. The number of hydrogen-bond acceptors (Lipinski definition) is 4. The van der Waals surface area contributed by atoms with Crippen molar-refractivity contribution in [2.75, 3.05) is 7.05 Å². The zero-order chi connectivity index (χ0) is 16.8. The first kappa shape index (κ1) is 17.0. The first-order valence-electron chi connectivity index (χ1n) is 7.29. The van der Waals surface area contributed by atoms with Gasteiger partial charge in [-0.1, -0.05) is 6.07 Å². The van der Waals surface area contributed by atoms with E-state index >= 15 is 0 Å². The van der Waals surface area contributed by atoms with Crippen LogP contribution in [-0.4, -0.2) is 23.1 Å². The highest BCUT2D eigenvalue weighted by Crippen LogP contribution is 2.10. The number of aliphatic hydroxyl groups is 1. The van der Waals surface area contributed by atoms with Crippen molar-refractivity contribution in [2.24, 2.45) is 4.99 Å². The first-order valence-corrected chi connectivity index (χ1v) is 7.29. The van der Waals surface area contributed by atoms with E-state index in [9.17, 15) is 4.39 Å². The molecule has 2 rings (SSSR count). The SMILES string of the molecule is CN=C(NCc1ccc(F)c(CO)c1)NCc1nc(C)c(C)o1. The predicted octanol–water partition coefficient (Wildman–Crippen LogP) is 1.79. The summed E-state index contributed by atoms with van der Waals surface area (Å²) in [4.78, 5) is 8.39. The summed E-state index contributed by atoms with van der Waals surface area (Å²) >= 11 is 0. The van der Waals surface area contributed by atoms with Gasteiger partial charge in [-0.05, 0) is 31.5 Å². The largest absolute Gasteiger partial charge is 0.444 e. The number of aryl methyl sites for hydroxylation is 2. The smallest absolute Gasteiger partial charge is 0.214 e. The molecular weight excluding hydrogens is 299 g/mol. The fraction of sp³-hybridized carbons (Fsp3) is 0.375. The molecule has 0 aliphatic heterocycles. The van der Waals surface area contributed by atoms with Crippen molar-refractivity contribution in [1.29, 1.82) is 0 Å². The van der Waals surface area contributed by atoms with Crippen molar-refractivity contribution in [3.05, 3.63) is 52.5 Å². The van der Waals surface area contributed by atoms with E-state index in [1.807, 2.05) is 13.8 Å². The van der Waals surface area contributed by atoms with Crippen molar-refractivity contribution in [2.45, 2.75) is 33.5 Å². The molecule has 0 radical (unpaired) electrons. The predicted molar refractivity (Wildman–Crippen MR) is 85.3 cm³/mol. The zero-order valence-electron chi connectivity index (χ0n) is 13.5. The summed E-state index contributed by atoms with van der Waals surface area (Å²) in [7, 11) is 1.66. The Balaban J connectivity index is 1.90. The first-order chi connectivity index (χ1) is 11.0. The molecular formula is C16H21FN4O2. The molecule has 0 unspecified atom stereocenters. The molecule has 0 spiro atoms. The molecule has 23 heavy (non-hydrogen) atoms. The number of hydrogen-bond donors (Lipinski definition) is 3. The summed E-state index contributed by atoms with van der Waals surface area (Å²) < 4.78 is 18.8. The second kappa shape index (κ2) is 7.73. The average molecular weight is 320 g/mol. The maximum Gasteiger partial charge on any atom is 0.214 e. The molecule has 0 amide bonds. The van der Waals surface area contributed by atoms with Gasteiger partial charge < -0.3 is 20.2 Å². The van der Waals surface area contributed by atoms with Gasteiger partial charge in [0.1, 0.15) is 11.6 Å². The van der Waals surface area contributed by atoms with E-state index in [-0.39, 0.29) is 12.2 Å². The lowest BCUT2D eigenvalue weighted by Gasteiger charge is -2.11. The summed E-state index contributed by atoms with van der Waals surface area (Å²) in [6.07, 6.45) is 0. The molecule has 0 atom stereocenters. The van der Waals surface area contributed by atoms with Crippen LogP contribution in [0.3, 0.4) is 0 Å². The van der Waals surface area contributed by atoms with Gasteiger partial charge in [-0.15, -0.1) is 0 Å². The third-order valence-electron chi connectivity index (χ3n) is 3.44. The molecule has 7 heteroatoms. The van der Waals surface area contributed by atoms with Gasteiger partial charge in [0.15, 0.2) is 5.96 Å². The van der Waals surface area contributed by atoms with Gasteiger partial charge in [-0.3, -0.25) is 4.99 Å². The molecule has 0 aliphatic carbocycles. The highest BCUT2D eigenvalue weighted by Gasteiger charge is 2.07. The van der Waals surface area contributed by atoms with Crippen LogP contribution in [0.25, 0.3) is 0 Å². The van der Waals surface area contributed by atoms with Gasteiger partial charge in [0, 0.05) is 19.2 Å². The number of aromatic nitrogens is 1. The molecule has 1 aromatic heterocycles. The molecule has 2 aromatic rings. The van der Waals surface area contributed by atoms with Crippen LogP contribution in [0.5, 0.6) is 0 Å². The van der Waals surface area contributed by atoms with Crippen LogP contribution in [0.1, 0.15) is 28.5 Å². The molecule has 1 aromatic carbocycles. The number of rotatable bonds is 5. The fourth-order valence-electron chi connectivity index (χ4n) is 2.04. The molecule has 6 nitrogen and oxygen atoms in total. The summed E-state index contributed by atoms with van der Waals surface area (Å²) in [5.41, 5.74) is 1.99. The molecule has 0 saturated heterocycles. The van der Waals surface area contributed by atoms with Crippen LogP contribution in [0.15, 0.2) is 27.6 Å². The monoisotopic (exact) mass is 320 g/mol. The number of aliphatic imine (C=N–C) groups is 1. The lowest BCUT2D eigenvalue weighted by molar-refractivity contribution is 0.275. The second-order valence-electron chi connectivity index (χ2n) is 5.11. The van der Waals surface area contributed by atoms with E-state index in [0.29, 0.717) is 24.9 Å². The highest BCUT2D eigenvalue weighted by atomic mass is 19.1. The molecule has 0 bridgehead atoms. The standard InChI is InChI=1S/C16H21FN4O2/c1-10-11(2)23-15(21-10)8-20-16(18-3)19-7-12-4-5-14(17)13(6-12)9-22/h4-6,22H,7-9H2,1-3H3,(H2,18,19,20). The third kappa shape index (κ3) is 4.53. The molecule has 0 saturated carbocycles. The van der Waals surface area contributed by atoms with Crippen LogP contribution < -0.4 is 10.6 Å². The minimum Gasteiger partial charge on any atom is -0.444 e. The Kier molecular flexibility index (Phi) is 5.70. The normalized spacial score (nSPS) is 11.6. The maximum atomic E-state index is 13.3. The van der Waals surface area contributed by atoms with Gasteiger partial charge >= 0.3 is 0 Å². The number of nitrogens with zero attached hydrogens (tertiary/aromatic N) is 2. The minimum atomic E-state index is -0.409. The van der Waals surface area contributed by atoms with E-state index in [2.05, 4.69) is 20.6 Å². The minimum absolute atomic E-state index is 0.276. The van der Waals surface area contributed by atoms with Crippen molar-refractivity contribution >= 4 is 5.96 Å². The summed E-state index contributed by atoms with van der Waals surface area (Å²) in [6, 6.07) is 4.63. The fourth-order valence-corrected chi connectivity index (χ4v) is 2.04. The van der Waals surface area contributed by atoms with Gasteiger partial charge in [0.05, 0.1) is 18.8 Å². The summed E-state index contributed by atoms with van der Waals surface area (Å²) in [5, 5.41) is 15.3. The second-order valence-corrected chi connectivity index (χ2v) is 5.11. The summed E-state index contributed by atoms with van der Waals surface area (Å²) in [6.45, 7) is 4.31. The van der Waals surface area contributed by atoms with E-state index in [4.69, 9.17) is 9.52 Å². The van der Waals surface area contributed by atoms with Gasteiger partial charge in [0.2, 0.25) is 5.89 Å². The number of halogens is 1. The molecule has 0 aliphatic rings. The van der Waals surface area contributed by atoms with E-state index in [1.54, 1.807) is 19.2 Å². The van der Waals surface area contributed by atoms with Crippen molar-refractivity contribution < 1.29 is 13.9 Å². The average Bonchev–Trinajstić information content (AvgIpc) is 2.87. The van der Waals surface area contributed by atoms with Crippen molar-refractivity contribution in [1.82, 2.24) is 15.6 Å². The Morgan fingerprint density at radius 3 is 2.65 bits per heavy atom. The van der Waals surface area contributed by atoms with Gasteiger partial charge in [-0.2, -0.15) is 0 Å². The van der Waals surface area contributed by atoms with E-state index in [0.717, 1.165) is 17.0 Å². The third-order valence-corrected chi connectivity index (χ3v) is 3.44. The Hall–Kier alpha value is -2.41. The van der Waals surface area contributed by atoms with E-state index < -0.39 is 5.82 Å². The topological polar surface area (TPSA) is 82.7 Å². The van der Waals surface area contributed by atoms with E-state index in [1.165, 1.54) is 6.07 Å². The molecule has 3 N–H and O–H groups in total. The number of benzene rings is 1. The molecule has 124 valence electrons. The van der Waals surface area contributed by atoms with Crippen LogP contribution in [0, 0.1) is 19.7 Å². The Labute approximate surface area is 134 Å². The zero-order valence-corrected chi connectivity index (χ0v) is 13.5. The molecule has 0 fully saturated rings. The maximum absolute atomic E-state index is 13.3. The quantitative estimate of drug-likeness (QED) is 0.578. The van der Waals surface area contributed by atoms with Crippen LogP contribution in [0.4, 0.5) is 4.39 Å². The van der Waals surface area contributed by atoms with Crippen molar-refractivity contribution in [3.8, 4) is 0 Å². The Morgan fingerprint density at radius 1 is 1.30 bits per heavy atom. The highest BCUT2D eigenvalue weighted by molar-refractivity contribution is 5.79. The molecule has 1 heterocycles. The van der Waals surface area contributed by atoms with Gasteiger partial charge in [0.25, 0.3) is 0 Å². The number of nitrogens with one attached hydrogen (secondary N) is 2. The van der Waals surface area contributed by atoms with Crippen LogP contribution in [0.2, 0.25) is 0 Å². The number of guanidine groups is 1. The lowest BCUT2D eigenvalue weighted by Crippen LogP contribution is -2.36. The Morgan fingerprint density at radius 2 is 2.04 bits per heavy atom. The van der Waals surface area contributed by atoms with Crippen LogP contribution >= 0.6 is 0 Å². The Bertz CT molecular complexity index is 678. The number of oxazole rings is 1. The van der Waals surface area contributed by atoms with Crippen LogP contribution in [-0.2, 0) is 19.7 Å². The lowest BCUT2D eigenvalue weighted by atomic mass is 10.1. The van der Waals surface area contributed by atoms with Crippen molar-refractivity contribution in [3.63, 3.8) is 0 Å². The number of aliphatic hydroxyl groups excluding tert-OH is 1. The van der Waals surface area contributed by atoms with Gasteiger partial charge in [-0.25, -0.2) is 9.37 Å².